The molecule has 0 fully saturated rings. The first-order valence-corrected chi connectivity index (χ1v) is 12.4. The van der Waals surface area contributed by atoms with Crippen LogP contribution in [0, 0.1) is 0 Å². The highest BCUT2D eigenvalue weighted by atomic mass is 15.3. The zero-order chi connectivity index (χ0) is 19.3. The predicted octanol–water partition coefficient (Wildman–Crippen LogP) is 9.15. The van der Waals surface area contributed by atoms with Crippen molar-refractivity contribution in [2.75, 3.05) is 27.7 Å². The molecule has 0 heterocycles. The SMILES string of the molecule is C.CCCCCCCCCCCCCCCCCCCCCC[N+](C)(C)C. The van der Waals surface area contributed by atoms with E-state index in [1.165, 1.54) is 135 Å². The number of hydrogen-bond acceptors (Lipinski definition) is 0. The fraction of sp³-hybridized carbons (Fsp3) is 1.00. The second-order valence-electron chi connectivity index (χ2n) is 9.73. The Balaban J connectivity index is 0. The summed E-state index contributed by atoms with van der Waals surface area (Å²) in [6.07, 6.45) is 29.3. The molecule has 0 aromatic heterocycles. The van der Waals surface area contributed by atoms with E-state index >= 15 is 0 Å². The third-order valence-electron chi connectivity index (χ3n) is 5.68. The molecule has 0 rings (SSSR count). The summed E-state index contributed by atoms with van der Waals surface area (Å²) in [5.41, 5.74) is 0. The zero-order valence-corrected chi connectivity index (χ0v) is 19.3. The van der Waals surface area contributed by atoms with Gasteiger partial charge in [-0.3, -0.25) is 0 Å². The van der Waals surface area contributed by atoms with Gasteiger partial charge in [-0.05, 0) is 12.8 Å². The summed E-state index contributed by atoms with van der Waals surface area (Å²) in [6.45, 7) is 3.63. The van der Waals surface area contributed by atoms with Crippen molar-refractivity contribution in [1.82, 2.24) is 0 Å². The van der Waals surface area contributed by atoms with Crippen LogP contribution in [0.15, 0.2) is 0 Å². The quantitative estimate of drug-likeness (QED) is 0.137. The molecule has 0 amide bonds. The molecule has 0 atom stereocenters. The topological polar surface area (TPSA) is 0 Å². The molecule has 0 aromatic carbocycles. The van der Waals surface area contributed by atoms with Crippen LogP contribution in [0.4, 0.5) is 0 Å². The van der Waals surface area contributed by atoms with Crippen LogP contribution in [0.1, 0.15) is 143 Å². The second-order valence-corrected chi connectivity index (χ2v) is 9.73. The van der Waals surface area contributed by atoms with E-state index in [9.17, 15) is 0 Å². The highest BCUT2D eigenvalue weighted by molar-refractivity contribution is 4.50. The smallest absolute Gasteiger partial charge is 0.0780 e. The second kappa shape index (κ2) is 22.3. The summed E-state index contributed by atoms with van der Waals surface area (Å²) >= 11 is 0. The van der Waals surface area contributed by atoms with Crippen LogP contribution < -0.4 is 0 Å². The van der Waals surface area contributed by atoms with E-state index in [0.29, 0.717) is 0 Å². The van der Waals surface area contributed by atoms with E-state index in [4.69, 9.17) is 0 Å². The molecule has 0 aliphatic heterocycles. The number of hydrogen-bond donors (Lipinski definition) is 0. The van der Waals surface area contributed by atoms with Gasteiger partial charge in [-0.15, -0.1) is 0 Å². The van der Waals surface area contributed by atoms with Crippen molar-refractivity contribution in [3.63, 3.8) is 0 Å². The van der Waals surface area contributed by atoms with Gasteiger partial charge in [0.25, 0.3) is 0 Å². The minimum Gasteiger partial charge on any atom is -0.331 e. The molecule has 27 heavy (non-hydrogen) atoms. The largest absolute Gasteiger partial charge is 0.331 e. The van der Waals surface area contributed by atoms with E-state index in [2.05, 4.69) is 28.1 Å². The van der Waals surface area contributed by atoms with Crippen molar-refractivity contribution < 1.29 is 4.48 Å². The van der Waals surface area contributed by atoms with E-state index in [0.717, 1.165) is 4.48 Å². The van der Waals surface area contributed by atoms with Gasteiger partial charge >= 0.3 is 0 Å². The molecule has 0 saturated heterocycles. The Morgan fingerprint density at radius 3 is 0.815 bits per heavy atom. The van der Waals surface area contributed by atoms with Gasteiger partial charge in [-0.1, -0.05) is 130 Å². The van der Waals surface area contributed by atoms with Gasteiger partial charge in [0.15, 0.2) is 0 Å². The molecule has 1 heteroatoms. The van der Waals surface area contributed by atoms with Crippen molar-refractivity contribution in [1.29, 1.82) is 0 Å². The summed E-state index contributed by atoms with van der Waals surface area (Å²) in [4.78, 5) is 0. The minimum absolute atomic E-state index is 0. The fourth-order valence-corrected chi connectivity index (χ4v) is 3.84. The maximum atomic E-state index is 2.30. The maximum absolute atomic E-state index is 2.30. The van der Waals surface area contributed by atoms with Crippen LogP contribution >= 0.6 is 0 Å². The van der Waals surface area contributed by atoms with Gasteiger partial charge in [-0.25, -0.2) is 0 Å². The van der Waals surface area contributed by atoms with Gasteiger partial charge < -0.3 is 4.48 Å². The molecule has 0 saturated carbocycles. The first-order valence-electron chi connectivity index (χ1n) is 12.4. The Morgan fingerprint density at radius 1 is 0.370 bits per heavy atom. The predicted molar refractivity (Wildman–Crippen MR) is 128 cm³/mol. The standard InChI is InChI=1S/C25H54N.CH4/c1-5-6-7-8-9-10-11-12-13-14-15-16-17-18-19-20-21-22-23-24-25-26(2,3)4;/h5-25H2,1-4H3;1H4/q+1;. The third-order valence-corrected chi connectivity index (χ3v) is 5.68. The van der Waals surface area contributed by atoms with Gasteiger partial charge in [0.2, 0.25) is 0 Å². The van der Waals surface area contributed by atoms with Gasteiger partial charge in [0, 0.05) is 0 Å². The van der Waals surface area contributed by atoms with Gasteiger partial charge in [0.1, 0.15) is 0 Å². The van der Waals surface area contributed by atoms with Crippen molar-refractivity contribution in [2.24, 2.45) is 0 Å². The molecule has 0 radical (unpaired) electrons. The van der Waals surface area contributed by atoms with E-state index in [1.807, 2.05) is 0 Å². The molecule has 0 unspecified atom stereocenters. The van der Waals surface area contributed by atoms with Crippen LogP contribution in [0.3, 0.4) is 0 Å². The Hall–Kier alpha value is -0.0400. The maximum Gasteiger partial charge on any atom is 0.0780 e. The van der Waals surface area contributed by atoms with Gasteiger partial charge in [-0.2, -0.15) is 0 Å². The number of quaternary nitrogens is 1. The lowest BCUT2D eigenvalue weighted by atomic mass is 10.0. The molecule has 166 valence electrons. The molecule has 0 N–H and O–H groups in total. The Kier molecular flexibility index (Phi) is 24.0. The van der Waals surface area contributed by atoms with Crippen LogP contribution in [0.2, 0.25) is 0 Å². The molecule has 0 bridgehead atoms. The molecule has 0 aliphatic rings. The molecule has 0 aromatic rings. The lowest BCUT2D eigenvalue weighted by Gasteiger charge is -2.23. The monoisotopic (exact) mass is 384 g/mol. The lowest BCUT2D eigenvalue weighted by Crippen LogP contribution is -2.35. The number of nitrogens with zero attached hydrogens (tertiary/aromatic N) is 1. The average molecular weight is 385 g/mol. The summed E-state index contributed by atoms with van der Waals surface area (Å²) in [5, 5.41) is 0. The van der Waals surface area contributed by atoms with Crippen molar-refractivity contribution in [3.8, 4) is 0 Å². The Bertz CT molecular complexity index is 253. The zero-order valence-electron chi connectivity index (χ0n) is 19.3. The molecule has 0 spiro atoms. The van der Waals surface area contributed by atoms with Crippen molar-refractivity contribution in [2.45, 2.75) is 143 Å². The van der Waals surface area contributed by atoms with Crippen LogP contribution in [-0.2, 0) is 0 Å². The van der Waals surface area contributed by atoms with Crippen LogP contribution in [-0.4, -0.2) is 32.2 Å². The van der Waals surface area contributed by atoms with Gasteiger partial charge in [0.05, 0.1) is 27.7 Å². The fourth-order valence-electron chi connectivity index (χ4n) is 3.84. The Labute approximate surface area is 175 Å². The highest BCUT2D eigenvalue weighted by Crippen LogP contribution is 2.14. The van der Waals surface area contributed by atoms with E-state index in [-0.39, 0.29) is 7.43 Å². The summed E-state index contributed by atoms with van der Waals surface area (Å²) in [7, 11) is 6.90. The first-order chi connectivity index (χ1) is 12.6. The summed E-state index contributed by atoms with van der Waals surface area (Å²) < 4.78 is 1.12. The van der Waals surface area contributed by atoms with Crippen molar-refractivity contribution in [3.05, 3.63) is 0 Å². The van der Waals surface area contributed by atoms with E-state index < -0.39 is 0 Å². The minimum atomic E-state index is 0. The summed E-state index contributed by atoms with van der Waals surface area (Å²) in [6, 6.07) is 0. The third kappa shape index (κ3) is 28.3. The van der Waals surface area contributed by atoms with E-state index in [1.54, 1.807) is 0 Å². The van der Waals surface area contributed by atoms with Crippen molar-refractivity contribution >= 4 is 0 Å². The molecule has 1 nitrogen and oxygen atoms in total. The number of rotatable bonds is 21. The Morgan fingerprint density at radius 2 is 0.593 bits per heavy atom. The normalized spacial score (nSPS) is 11.6. The molecule has 0 aliphatic carbocycles. The lowest BCUT2D eigenvalue weighted by molar-refractivity contribution is -0.870. The molecular formula is C26H58N+. The van der Waals surface area contributed by atoms with Crippen LogP contribution in [0.5, 0.6) is 0 Å². The number of unbranched alkanes of at least 4 members (excludes halogenated alkanes) is 19. The first kappa shape index (κ1) is 29.2. The summed E-state index contributed by atoms with van der Waals surface area (Å²) in [5.74, 6) is 0. The average Bonchev–Trinajstić information content (AvgIpc) is 2.59. The highest BCUT2D eigenvalue weighted by Gasteiger charge is 2.04. The van der Waals surface area contributed by atoms with Crippen LogP contribution in [0.25, 0.3) is 0 Å². The molecular weight excluding hydrogens is 326 g/mol.